The van der Waals surface area contributed by atoms with Gasteiger partial charge in [0.15, 0.2) is 0 Å². The van der Waals surface area contributed by atoms with Gasteiger partial charge in [-0.3, -0.25) is 4.90 Å². The summed E-state index contributed by atoms with van der Waals surface area (Å²) in [6.07, 6.45) is 13.7. The number of hydrogen-bond donors (Lipinski definition) is 1. The summed E-state index contributed by atoms with van der Waals surface area (Å²) in [6.45, 7) is 2.71. The molecule has 0 radical (unpaired) electrons. The Kier molecular flexibility index (Phi) is 4.53. The summed E-state index contributed by atoms with van der Waals surface area (Å²) in [5.41, 5.74) is 0. The first kappa shape index (κ1) is 13.3. The van der Waals surface area contributed by atoms with E-state index in [9.17, 15) is 0 Å². The summed E-state index contributed by atoms with van der Waals surface area (Å²) in [4.78, 5) is 2.75. The highest BCUT2D eigenvalue weighted by Crippen LogP contribution is 2.31. The molecule has 18 heavy (non-hydrogen) atoms. The smallest absolute Gasteiger partial charge is 0.0249 e. The average molecular weight is 268 g/mol. The van der Waals surface area contributed by atoms with Crippen molar-refractivity contribution in [1.82, 2.24) is 10.2 Å². The Morgan fingerprint density at radius 2 is 1.94 bits per heavy atom. The van der Waals surface area contributed by atoms with Crippen LogP contribution in [0, 0.1) is 0 Å². The van der Waals surface area contributed by atoms with E-state index in [1.165, 1.54) is 64.5 Å². The highest BCUT2D eigenvalue weighted by Gasteiger charge is 2.36. The van der Waals surface area contributed by atoms with E-state index >= 15 is 0 Å². The molecule has 0 aromatic carbocycles. The lowest BCUT2D eigenvalue weighted by molar-refractivity contribution is 0.173. The van der Waals surface area contributed by atoms with Crippen molar-refractivity contribution >= 4 is 11.8 Å². The van der Waals surface area contributed by atoms with Crippen LogP contribution in [0.2, 0.25) is 0 Å². The summed E-state index contributed by atoms with van der Waals surface area (Å²) in [5.74, 6) is 0. The minimum atomic E-state index is 0.802. The van der Waals surface area contributed by atoms with Gasteiger partial charge in [-0.1, -0.05) is 12.8 Å². The molecule has 0 bridgehead atoms. The van der Waals surface area contributed by atoms with E-state index < -0.39 is 0 Å². The van der Waals surface area contributed by atoms with E-state index in [2.05, 4.69) is 28.2 Å². The first-order valence-electron chi connectivity index (χ1n) is 7.89. The van der Waals surface area contributed by atoms with Crippen molar-refractivity contribution in [2.24, 2.45) is 0 Å². The van der Waals surface area contributed by atoms with E-state index in [1.54, 1.807) is 0 Å². The maximum Gasteiger partial charge on any atom is 0.0249 e. The molecule has 0 amide bonds. The van der Waals surface area contributed by atoms with E-state index in [4.69, 9.17) is 0 Å². The molecular formula is C15H28N2S. The van der Waals surface area contributed by atoms with Gasteiger partial charge in [-0.2, -0.15) is 11.8 Å². The molecule has 0 aromatic rings. The van der Waals surface area contributed by atoms with Crippen LogP contribution in [-0.2, 0) is 0 Å². The van der Waals surface area contributed by atoms with Gasteiger partial charge in [0, 0.05) is 29.9 Å². The normalized spacial score (nSPS) is 41.8. The van der Waals surface area contributed by atoms with Crippen LogP contribution >= 0.6 is 11.8 Å². The molecule has 2 nitrogen and oxygen atoms in total. The van der Waals surface area contributed by atoms with Gasteiger partial charge in [0.05, 0.1) is 0 Å². The minimum Gasteiger partial charge on any atom is -0.310 e. The molecule has 4 atom stereocenters. The Labute approximate surface area is 116 Å². The lowest BCUT2D eigenvalue weighted by Gasteiger charge is -2.36. The molecule has 2 aliphatic heterocycles. The molecule has 3 rings (SSSR count). The highest BCUT2D eigenvalue weighted by molar-refractivity contribution is 7.99. The van der Waals surface area contributed by atoms with Crippen molar-refractivity contribution in [3.8, 4) is 0 Å². The molecule has 3 fully saturated rings. The topological polar surface area (TPSA) is 15.3 Å². The summed E-state index contributed by atoms with van der Waals surface area (Å²) in [6, 6.07) is 2.48. The first-order chi connectivity index (χ1) is 8.86. The second kappa shape index (κ2) is 6.15. The molecule has 2 saturated heterocycles. The predicted molar refractivity (Wildman–Crippen MR) is 80.3 cm³/mol. The molecule has 1 aliphatic carbocycles. The van der Waals surface area contributed by atoms with Gasteiger partial charge in [0.1, 0.15) is 0 Å². The predicted octanol–water partition coefficient (Wildman–Crippen LogP) is 2.88. The quantitative estimate of drug-likeness (QED) is 0.847. The second-order valence-corrected chi connectivity index (χ2v) is 7.52. The van der Waals surface area contributed by atoms with Gasteiger partial charge >= 0.3 is 0 Å². The Morgan fingerprint density at radius 3 is 2.83 bits per heavy atom. The van der Waals surface area contributed by atoms with E-state index in [1.807, 2.05) is 0 Å². The van der Waals surface area contributed by atoms with Gasteiger partial charge < -0.3 is 5.32 Å². The zero-order chi connectivity index (χ0) is 12.4. The third kappa shape index (κ3) is 2.88. The Hall–Kier alpha value is 0.270. The first-order valence-corrected chi connectivity index (χ1v) is 9.18. The van der Waals surface area contributed by atoms with E-state index in [0.717, 1.165) is 23.4 Å². The summed E-state index contributed by atoms with van der Waals surface area (Å²) >= 11 is 2.08. The highest BCUT2D eigenvalue weighted by atomic mass is 32.2. The molecule has 0 spiro atoms. The number of thioether (sulfide) groups is 1. The molecule has 1 saturated carbocycles. The van der Waals surface area contributed by atoms with Crippen molar-refractivity contribution in [1.29, 1.82) is 0 Å². The van der Waals surface area contributed by atoms with E-state index in [-0.39, 0.29) is 0 Å². The summed E-state index contributed by atoms with van der Waals surface area (Å²) < 4.78 is 0. The lowest BCUT2D eigenvalue weighted by Crippen LogP contribution is -2.49. The average Bonchev–Trinajstić information content (AvgIpc) is 2.83. The third-order valence-corrected chi connectivity index (χ3v) is 6.36. The molecular weight excluding hydrogens is 240 g/mol. The van der Waals surface area contributed by atoms with Crippen molar-refractivity contribution in [2.45, 2.75) is 74.7 Å². The Morgan fingerprint density at radius 1 is 1.00 bits per heavy atom. The number of nitrogens with one attached hydrogen (secondary N) is 1. The fourth-order valence-corrected chi connectivity index (χ4v) is 5.08. The number of piperidine rings is 1. The Balaban J connectivity index is 1.53. The lowest BCUT2D eigenvalue weighted by atomic mass is 9.92. The van der Waals surface area contributed by atoms with Crippen LogP contribution in [0.15, 0.2) is 0 Å². The largest absolute Gasteiger partial charge is 0.310 e. The van der Waals surface area contributed by atoms with Crippen LogP contribution in [0.25, 0.3) is 0 Å². The molecule has 104 valence electrons. The van der Waals surface area contributed by atoms with Crippen molar-refractivity contribution in [2.75, 3.05) is 19.3 Å². The number of fused-ring (bicyclic) bond motifs is 1. The summed E-state index contributed by atoms with van der Waals surface area (Å²) in [7, 11) is 0. The SMILES string of the molecule is CSC1CCCC(NC2CCN3CCCCC23)C1. The van der Waals surface area contributed by atoms with Crippen LogP contribution in [0.1, 0.15) is 51.4 Å². The third-order valence-electron chi connectivity index (χ3n) is 5.27. The van der Waals surface area contributed by atoms with Crippen LogP contribution in [0.4, 0.5) is 0 Å². The van der Waals surface area contributed by atoms with Crippen molar-refractivity contribution < 1.29 is 0 Å². The number of hydrogen-bond acceptors (Lipinski definition) is 3. The standard InChI is InChI=1S/C15H28N2S/c1-18-13-6-4-5-12(11-13)16-14-8-10-17-9-3-2-7-15(14)17/h12-16H,2-11H2,1H3. The monoisotopic (exact) mass is 268 g/mol. The molecule has 1 N–H and O–H groups in total. The second-order valence-electron chi connectivity index (χ2n) is 6.38. The molecule has 2 heterocycles. The zero-order valence-electron chi connectivity index (χ0n) is 11.7. The van der Waals surface area contributed by atoms with Gasteiger partial charge in [-0.15, -0.1) is 0 Å². The maximum absolute atomic E-state index is 4.03. The molecule has 3 aliphatic rings. The number of nitrogens with zero attached hydrogens (tertiary/aromatic N) is 1. The summed E-state index contributed by atoms with van der Waals surface area (Å²) in [5, 5.41) is 4.94. The van der Waals surface area contributed by atoms with Crippen LogP contribution < -0.4 is 5.32 Å². The fraction of sp³-hybridized carbons (Fsp3) is 1.00. The molecule has 3 heteroatoms. The fourth-order valence-electron chi connectivity index (χ4n) is 4.25. The maximum atomic E-state index is 4.03. The minimum absolute atomic E-state index is 0.802. The van der Waals surface area contributed by atoms with Crippen molar-refractivity contribution in [3.05, 3.63) is 0 Å². The van der Waals surface area contributed by atoms with Crippen molar-refractivity contribution in [3.63, 3.8) is 0 Å². The van der Waals surface area contributed by atoms with Crippen LogP contribution in [0.5, 0.6) is 0 Å². The van der Waals surface area contributed by atoms with E-state index in [0.29, 0.717) is 0 Å². The van der Waals surface area contributed by atoms with Gasteiger partial charge in [0.25, 0.3) is 0 Å². The van der Waals surface area contributed by atoms with Gasteiger partial charge in [-0.05, 0) is 51.3 Å². The van der Waals surface area contributed by atoms with Gasteiger partial charge in [0.2, 0.25) is 0 Å². The zero-order valence-corrected chi connectivity index (χ0v) is 12.6. The Bertz CT molecular complexity index is 271. The van der Waals surface area contributed by atoms with Gasteiger partial charge in [-0.25, -0.2) is 0 Å². The van der Waals surface area contributed by atoms with Crippen LogP contribution in [-0.4, -0.2) is 47.6 Å². The molecule has 4 unspecified atom stereocenters. The van der Waals surface area contributed by atoms with Crippen LogP contribution in [0.3, 0.4) is 0 Å². The molecule has 0 aromatic heterocycles. The number of rotatable bonds is 3.